The predicted octanol–water partition coefficient (Wildman–Crippen LogP) is 4.78. The number of benzene rings is 2. The first-order chi connectivity index (χ1) is 13.0. The molecule has 1 aliphatic rings. The predicted molar refractivity (Wildman–Crippen MR) is 107 cm³/mol. The van der Waals surface area contributed by atoms with Crippen molar-refractivity contribution in [3.63, 3.8) is 0 Å². The Hall–Kier alpha value is -2.53. The number of amides is 2. The van der Waals surface area contributed by atoms with E-state index >= 15 is 0 Å². The van der Waals surface area contributed by atoms with Gasteiger partial charge >= 0.3 is 6.03 Å². The Bertz CT molecular complexity index is 853. The first kappa shape index (κ1) is 19.2. The fraction of sp³-hybridized carbons (Fsp3) is 0.333. The molecule has 6 heteroatoms. The Balaban J connectivity index is 1.70. The van der Waals surface area contributed by atoms with Gasteiger partial charge in [-0.1, -0.05) is 29.8 Å². The Kier molecular flexibility index (Phi) is 6.01. The maximum Gasteiger partial charge on any atom is 0.321 e. The van der Waals surface area contributed by atoms with Crippen LogP contribution in [0, 0.1) is 12.8 Å². The summed E-state index contributed by atoms with van der Waals surface area (Å²) < 4.78 is 5.32. The summed E-state index contributed by atoms with van der Waals surface area (Å²) in [5.41, 5.74) is 2.25. The van der Waals surface area contributed by atoms with Crippen LogP contribution in [0.1, 0.15) is 28.8 Å². The van der Waals surface area contributed by atoms with Gasteiger partial charge in [0.15, 0.2) is 5.78 Å². The number of methoxy groups -OCH3 is 1. The van der Waals surface area contributed by atoms with Gasteiger partial charge in [-0.15, -0.1) is 0 Å². The highest BCUT2D eigenvalue weighted by atomic mass is 35.5. The molecule has 0 bridgehead atoms. The van der Waals surface area contributed by atoms with Crippen molar-refractivity contribution < 1.29 is 14.3 Å². The normalized spacial score (nSPS) is 16.7. The smallest absolute Gasteiger partial charge is 0.321 e. The van der Waals surface area contributed by atoms with Crippen molar-refractivity contribution >= 4 is 29.1 Å². The third kappa shape index (κ3) is 4.61. The van der Waals surface area contributed by atoms with E-state index in [9.17, 15) is 9.59 Å². The second-order valence-electron chi connectivity index (χ2n) is 6.79. The van der Waals surface area contributed by atoms with Crippen LogP contribution in [0.2, 0.25) is 5.02 Å². The SMILES string of the molecule is COc1ccc(C)cc1NC(=O)N1CCCC(C(=O)c2cccc(Cl)c2)C1. The molecule has 2 aromatic rings. The number of Topliss-reactive ketones (excluding diaryl/α,β-unsaturated/α-hetero) is 1. The molecule has 0 aliphatic carbocycles. The maximum absolute atomic E-state index is 12.8. The zero-order valence-electron chi connectivity index (χ0n) is 15.5. The molecule has 0 spiro atoms. The average molecular weight is 387 g/mol. The third-order valence-electron chi connectivity index (χ3n) is 4.79. The number of nitrogens with one attached hydrogen (secondary N) is 1. The number of hydrogen-bond acceptors (Lipinski definition) is 3. The summed E-state index contributed by atoms with van der Waals surface area (Å²) in [5, 5.41) is 3.45. The minimum absolute atomic E-state index is 0.0307. The molecule has 2 amide bonds. The number of aryl methyl sites for hydroxylation is 1. The number of halogens is 1. The van der Waals surface area contributed by atoms with Gasteiger partial charge in [0.25, 0.3) is 0 Å². The van der Waals surface area contributed by atoms with Gasteiger partial charge < -0.3 is 15.0 Å². The second-order valence-corrected chi connectivity index (χ2v) is 7.23. The van der Waals surface area contributed by atoms with Crippen LogP contribution in [0.4, 0.5) is 10.5 Å². The lowest BCUT2D eigenvalue weighted by Gasteiger charge is -2.32. The van der Waals surface area contributed by atoms with Crippen molar-refractivity contribution in [3.05, 3.63) is 58.6 Å². The fourth-order valence-electron chi connectivity index (χ4n) is 3.37. The highest BCUT2D eigenvalue weighted by molar-refractivity contribution is 6.31. The van der Waals surface area contributed by atoms with Gasteiger partial charge in [0.05, 0.1) is 12.8 Å². The van der Waals surface area contributed by atoms with E-state index in [2.05, 4.69) is 5.32 Å². The van der Waals surface area contributed by atoms with Gasteiger partial charge in [0.2, 0.25) is 0 Å². The molecule has 3 rings (SSSR count). The third-order valence-corrected chi connectivity index (χ3v) is 5.02. The van der Waals surface area contributed by atoms with E-state index in [0.29, 0.717) is 35.1 Å². The van der Waals surface area contributed by atoms with Crippen molar-refractivity contribution in [1.82, 2.24) is 4.90 Å². The number of hydrogen-bond donors (Lipinski definition) is 1. The molecule has 1 saturated heterocycles. The average Bonchev–Trinajstić information content (AvgIpc) is 2.67. The summed E-state index contributed by atoms with van der Waals surface area (Å²) in [5.74, 6) is 0.419. The van der Waals surface area contributed by atoms with Crippen molar-refractivity contribution in [2.45, 2.75) is 19.8 Å². The lowest BCUT2D eigenvalue weighted by atomic mass is 9.90. The first-order valence-corrected chi connectivity index (χ1v) is 9.36. The highest BCUT2D eigenvalue weighted by Crippen LogP contribution is 2.27. The fourth-order valence-corrected chi connectivity index (χ4v) is 3.56. The molecule has 1 unspecified atom stereocenters. The molecule has 1 aliphatic heterocycles. The van der Waals surface area contributed by atoms with E-state index in [0.717, 1.165) is 18.4 Å². The van der Waals surface area contributed by atoms with E-state index in [1.165, 1.54) is 0 Å². The standard InChI is InChI=1S/C21H23ClN2O3/c1-14-8-9-19(27-2)18(11-14)23-21(26)24-10-4-6-16(13-24)20(25)15-5-3-7-17(22)12-15/h3,5,7-9,11-12,16H,4,6,10,13H2,1-2H3,(H,23,26). The van der Waals surface area contributed by atoms with E-state index in [-0.39, 0.29) is 17.7 Å². The van der Waals surface area contributed by atoms with Crippen LogP contribution < -0.4 is 10.1 Å². The molecule has 1 atom stereocenters. The summed E-state index contributed by atoms with van der Waals surface area (Å²) in [6.07, 6.45) is 1.55. The van der Waals surface area contributed by atoms with Crippen molar-refractivity contribution in [1.29, 1.82) is 0 Å². The molecule has 5 nitrogen and oxygen atoms in total. The van der Waals surface area contributed by atoms with Crippen molar-refractivity contribution in [3.8, 4) is 5.75 Å². The monoisotopic (exact) mass is 386 g/mol. The number of anilines is 1. The minimum Gasteiger partial charge on any atom is -0.495 e. The Morgan fingerprint density at radius 2 is 2.04 bits per heavy atom. The lowest BCUT2D eigenvalue weighted by Crippen LogP contribution is -2.44. The van der Waals surface area contributed by atoms with Crippen LogP contribution in [0.15, 0.2) is 42.5 Å². The molecule has 142 valence electrons. The van der Waals surface area contributed by atoms with Crippen molar-refractivity contribution in [2.24, 2.45) is 5.92 Å². The highest BCUT2D eigenvalue weighted by Gasteiger charge is 2.29. The van der Waals surface area contributed by atoms with Gasteiger partial charge in [-0.05, 0) is 49.6 Å². The number of ketones is 1. The number of rotatable bonds is 4. The summed E-state index contributed by atoms with van der Waals surface area (Å²) in [7, 11) is 1.57. The van der Waals surface area contributed by atoms with E-state index in [1.54, 1.807) is 36.3 Å². The number of piperidine rings is 1. The molecular formula is C21H23ClN2O3. The minimum atomic E-state index is -0.220. The molecule has 0 radical (unpaired) electrons. The van der Waals surface area contributed by atoms with Crippen LogP contribution in [-0.2, 0) is 0 Å². The molecule has 0 aromatic heterocycles. The zero-order valence-corrected chi connectivity index (χ0v) is 16.3. The molecule has 0 saturated carbocycles. The van der Waals surface area contributed by atoms with Crippen LogP contribution in [0.3, 0.4) is 0 Å². The summed E-state index contributed by atoms with van der Waals surface area (Å²) >= 11 is 6.00. The summed E-state index contributed by atoms with van der Waals surface area (Å²) in [6, 6.07) is 12.4. The summed E-state index contributed by atoms with van der Waals surface area (Å²) in [4.78, 5) is 27.2. The molecule has 27 heavy (non-hydrogen) atoms. The number of urea groups is 1. The van der Waals surface area contributed by atoms with Gasteiger partial charge in [-0.25, -0.2) is 4.79 Å². The van der Waals surface area contributed by atoms with Gasteiger partial charge in [-0.3, -0.25) is 4.79 Å². The molecule has 1 heterocycles. The maximum atomic E-state index is 12.8. The zero-order chi connectivity index (χ0) is 19.4. The second kappa shape index (κ2) is 8.44. The topological polar surface area (TPSA) is 58.6 Å². The van der Waals surface area contributed by atoms with Crippen LogP contribution >= 0.6 is 11.6 Å². The molecule has 1 N–H and O–H groups in total. The molecular weight excluding hydrogens is 364 g/mol. The number of ether oxygens (including phenoxy) is 1. The van der Waals surface area contributed by atoms with E-state index < -0.39 is 0 Å². The van der Waals surface area contributed by atoms with Gasteiger partial charge in [-0.2, -0.15) is 0 Å². The van der Waals surface area contributed by atoms with Gasteiger partial charge in [0, 0.05) is 29.6 Å². The number of carbonyl (C=O) groups excluding carboxylic acids is 2. The Morgan fingerprint density at radius 1 is 1.22 bits per heavy atom. The van der Waals surface area contributed by atoms with Gasteiger partial charge in [0.1, 0.15) is 5.75 Å². The van der Waals surface area contributed by atoms with E-state index in [1.807, 2.05) is 25.1 Å². The number of nitrogens with zero attached hydrogens (tertiary/aromatic N) is 1. The first-order valence-electron chi connectivity index (χ1n) is 8.98. The Labute approximate surface area is 164 Å². The Morgan fingerprint density at radius 3 is 2.78 bits per heavy atom. The lowest BCUT2D eigenvalue weighted by molar-refractivity contribution is 0.0851. The molecule has 1 fully saturated rings. The van der Waals surface area contributed by atoms with E-state index in [4.69, 9.17) is 16.3 Å². The van der Waals surface area contributed by atoms with Crippen LogP contribution in [0.5, 0.6) is 5.75 Å². The summed E-state index contributed by atoms with van der Waals surface area (Å²) in [6.45, 7) is 2.97. The van der Waals surface area contributed by atoms with Crippen molar-refractivity contribution in [2.75, 3.05) is 25.5 Å². The largest absolute Gasteiger partial charge is 0.495 e. The number of carbonyl (C=O) groups is 2. The molecule has 2 aromatic carbocycles. The quantitative estimate of drug-likeness (QED) is 0.769. The van der Waals surface area contributed by atoms with Crippen LogP contribution in [0.25, 0.3) is 0 Å². The van der Waals surface area contributed by atoms with Crippen LogP contribution in [-0.4, -0.2) is 36.9 Å². The number of likely N-dealkylation sites (tertiary alicyclic amines) is 1.